The Hall–Kier alpha value is -0.880. The minimum absolute atomic E-state index is 0. The van der Waals surface area contributed by atoms with Crippen molar-refractivity contribution < 1.29 is 4.79 Å². The molecule has 0 bridgehead atoms. The molecular formula is C17H25Cl2N3OS. The van der Waals surface area contributed by atoms with Gasteiger partial charge in [-0.1, -0.05) is 36.3 Å². The van der Waals surface area contributed by atoms with Crippen LogP contribution >= 0.6 is 35.3 Å². The van der Waals surface area contributed by atoms with Gasteiger partial charge in [0.15, 0.2) is 5.13 Å². The SMILES string of the molecule is CCCCC(=O)N(CCN(C)C)c1nc2c(C)cc(Cl)cc2s1.Cl. The number of hydrogen-bond acceptors (Lipinski definition) is 4. The highest BCUT2D eigenvalue weighted by atomic mass is 35.5. The van der Waals surface area contributed by atoms with E-state index in [1.807, 2.05) is 38.1 Å². The van der Waals surface area contributed by atoms with E-state index in [2.05, 4.69) is 11.8 Å². The largest absolute Gasteiger partial charge is 0.308 e. The normalized spacial score (nSPS) is 10.9. The number of thiazole rings is 1. The van der Waals surface area contributed by atoms with E-state index in [9.17, 15) is 4.79 Å². The summed E-state index contributed by atoms with van der Waals surface area (Å²) < 4.78 is 1.03. The van der Waals surface area contributed by atoms with Crippen molar-refractivity contribution in [1.29, 1.82) is 0 Å². The number of aromatic nitrogens is 1. The highest BCUT2D eigenvalue weighted by Crippen LogP contribution is 2.33. The fourth-order valence-electron chi connectivity index (χ4n) is 2.35. The van der Waals surface area contributed by atoms with Crippen LogP contribution in [0.25, 0.3) is 10.2 Å². The zero-order valence-corrected chi connectivity index (χ0v) is 17.0. The smallest absolute Gasteiger partial charge is 0.228 e. The van der Waals surface area contributed by atoms with Gasteiger partial charge >= 0.3 is 0 Å². The number of benzene rings is 1. The number of fused-ring (bicyclic) bond motifs is 1. The van der Waals surface area contributed by atoms with Crippen LogP contribution in [-0.2, 0) is 4.79 Å². The number of amides is 1. The van der Waals surface area contributed by atoms with Gasteiger partial charge in [0.1, 0.15) is 0 Å². The van der Waals surface area contributed by atoms with Crippen molar-refractivity contribution in [3.05, 3.63) is 22.7 Å². The number of aryl methyl sites for hydroxylation is 1. The van der Waals surface area contributed by atoms with Crippen molar-refractivity contribution in [2.24, 2.45) is 0 Å². The first-order valence-corrected chi connectivity index (χ1v) is 9.13. The third-order valence-electron chi connectivity index (χ3n) is 3.69. The molecule has 0 saturated heterocycles. The molecule has 2 rings (SSSR count). The van der Waals surface area contributed by atoms with Gasteiger partial charge in [0.05, 0.1) is 10.2 Å². The van der Waals surface area contributed by atoms with Crippen LogP contribution in [0.4, 0.5) is 5.13 Å². The number of likely N-dealkylation sites (N-methyl/N-ethyl adjacent to an activating group) is 1. The summed E-state index contributed by atoms with van der Waals surface area (Å²) in [5, 5.41) is 1.48. The quantitative estimate of drug-likeness (QED) is 0.684. The Morgan fingerprint density at radius 3 is 2.62 bits per heavy atom. The maximum Gasteiger partial charge on any atom is 0.228 e. The first kappa shape index (κ1) is 21.2. The summed E-state index contributed by atoms with van der Waals surface area (Å²) in [7, 11) is 4.02. The van der Waals surface area contributed by atoms with E-state index in [1.54, 1.807) is 0 Å². The zero-order valence-electron chi connectivity index (χ0n) is 14.6. The van der Waals surface area contributed by atoms with Crippen molar-refractivity contribution >= 4 is 56.6 Å². The second kappa shape index (κ2) is 9.56. The number of nitrogens with zero attached hydrogens (tertiary/aromatic N) is 3. The molecule has 0 radical (unpaired) electrons. The van der Waals surface area contributed by atoms with E-state index in [4.69, 9.17) is 16.6 Å². The van der Waals surface area contributed by atoms with Gasteiger partial charge in [-0.05, 0) is 45.1 Å². The molecule has 4 nitrogen and oxygen atoms in total. The second-order valence-corrected chi connectivity index (χ2v) is 7.46. The van der Waals surface area contributed by atoms with Gasteiger partial charge in [-0.25, -0.2) is 4.98 Å². The number of hydrogen-bond donors (Lipinski definition) is 0. The van der Waals surface area contributed by atoms with Crippen molar-refractivity contribution in [2.45, 2.75) is 33.1 Å². The maximum absolute atomic E-state index is 12.6. The highest BCUT2D eigenvalue weighted by Gasteiger charge is 2.20. The van der Waals surface area contributed by atoms with Gasteiger partial charge in [-0.2, -0.15) is 0 Å². The average molecular weight is 390 g/mol. The summed E-state index contributed by atoms with van der Waals surface area (Å²) in [5.74, 6) is 0.150. The van der Waals surface area contributed by atoms with E-state index in [-0.39, 0.29) is 18.3 Å². The summed E-state index contributed by atoms with van der Waals surface area (Å²) in [4.78, 5) is 21.2. The summed E-state index contributed by atoms with van der Waals surface area (Å²) >= 11 is 7.68. The van der Waals surface area contributed by atoms with E-state index >= 15 is 0 Å². The number of rotatable bonds is 7. The van der Waals surface area contributed by atoms with Crippen LogP contribution in [0.3, 0.4) is 0 Å². The van der Waals surface area contributed by atoms with Gasteiger partial charge in [-0.3, -0.25) is 9.69 Å². The zero-order chi connectivity index (χ0) is 17.0. The number of carbonyl (C=O) groups excluding carboxylic acids is 1. The molecule has 1 aromatic carbocycles. The third-order valence-corrected chi connectivity index (χ3v) is 4.93. The predicted molar refractivity (Wildman–Crippen MR) is 107 cm³/mol. The van der Waals surface area contributed by atoms with Crippen LogP contribution in [0.2, 0.25) is 5.02 Å². The van der Waals surface area contributed by atoms with Crippen LogP contribution in [0, 0.1) is 6.92 Å². The Labute approximate surface area is 159 Å². The summed E-state index contributed by atoms with van der Waals surface area (Å²) in [6, 6.07) is 3.84. The van der Waals surface area contributed by atoms with Crippen molar-refractivity contribution in [2.75, 3.05) is 32.1 Å². The molecule has 1 amide bonds. The predicted octanol–water partition coefficient (Wildman–Crippen LogP) is 4.76. The van der Waals surface area contributed by atoms with Crippen LogP contribution < -0.4 is 4.90 Å². The third kappa shape index (κ3) is 5.31. The first-order valence-electron chi connectivity index (χ1n) is 7.94. The van der Waals surface area contributed by atoms with Crippen molar-refractivity contribution in [1.82, 2.24) is 9.88 Å². The van der Waals surface area contributed by atoms with Gasteiger partial charge in [0.2, 0.25) is 5.91 Å². The fourth-order valence-corrected chi connectivity index (χ4v) is 3.81. The topological polar surface area (TPSA) is 36.4 Å². The Morgan fingerprint density at radius 1 is 1.29 bits per heavy atom. The van der Waals surface area contributed by atoms with Crippen LogP contribution in [0.1, 0.15) is 31.7 Å². The van der Waals surface area contributed by atoms with Crippen LogP contribution in [0.5, 0.6) is 0 Å². The molecule has 0 aliphatic rings. The molecule has 0 saturated carbocycles. The second-order valence-electron chi connectivity index (χ2n) is 6.02. The molecule has 0 unspecified atom stereocenters. The van der Waals surface area contributed by atoms with E-state index in [0.29, 0.717) is 18.0 Å². The van der Waals surface area contributed by atoms with E-state index in [0.717, 1.165) is 40.3 Å². The molecule has 0 atom stereocenters. The van der Waals surface area contributed by atoms with E-state index < -0.39 is 0 Å². The minimum Gasteiger partial charge on any atom is -0.308 e. The lowest BCUT2D eigenvalue weighted by atomic mass is 10.2. The molecule has 0 spiro atoms. The standard InChI is InChI=1S/C17H24ClN3OS.ClH/c1-5-6-7-15(22)21(9-8-20(3)4)17-19-16-12(2)10-13(18)11-14(16)23-17;/h10-11H,5-9H2,1-4H3;1H. The van der Waals surface area contributed by atoms with Gasteiger partial charge in [-0.15, -0.1) is 12.4 Å². The monoisotopic (exact) mass is 389 g/mol. The molecule has 0 aliphatic carbocycles. The Morgan fingerprint density at radius 2 is 2.00 bits per heavy atom. The molecule has 0 fully saturated rings. The minimum atomic E-state index is 0. The summed E-state index contributed by atoms with van der Waals surface area (Å²) in [5.41, 5.74) is 1.98. The summed E-state index contributed by atoms with van der Waals surface area (Å²) in [6.07, 6.45) is 2.49. The molecule has 24 heavy (non-hydrogen) atoms. The number of carbonyl (C=O) groups is 1. The van der Waals surface area contributed by atoms with Crippen molar-refractivity contribution in [3.8, 4) is 0 Å². The Balaban J connectivity index is 0.00000288. The summed E-state index contributed by atoms with van der Waals surface area (Å²) in [6.45, 7) is 5.57. The maximum atomic E-state index is 12.6. The molecule has 1 heterocycles. The Kier molecular flexibility index (Phi) is 8.43. The highest BCUT2D eigenvalue weighted by molar-refractivity contribution is 7.22. The number of halogens is 2. The molecule has 1 aromatic heterocycles. The Bertz CT molecular complexity index is 688. The first-order chi connectivity index (χ1) is 10.9. The molecular weight excluding hydrogens is 365 g/mol. The van der Waals surface area contributed by atoms with Crippen LogP contribution in [-0.4, -0.2) is 43.0 Å². The molecule has 2 aromatic rings. The number of anilines is 1. The van der Waals surface area contributed by atoms with Gasteiger partial charge < -0.3 is 4.90 Å². The fraction of sp³-hybridized carbons (Fsp3) is 0.529. The van der Waals surface area contributed by atoms with Crippen LogP contribution in [0.15, 0.2) is 12.1 Å². The van der Waals surface area contributed by atoms with E-state index in [1.165, 1.54) is 11.3 Å². The lowest BCUT2D eigenvalue weighted by Crippen LogP contribution is -2.36. The van der Waals surface area contributed by atoms with Gasteiger partial charge in [0, 0.05) is 24.5 Å². The lowest BCUT2D eigenvalue weighted by molar-refractivity contribution is -0.118. The molecule has 0 aliphatic heterocycles. The number of unbranched alkanes of at least 4 members (excludes halogenated alkanes) is 1. The van der Waals surface area contributed by atoms with Crippen molar-refractivity contribution in [3.63, 3.8) is 0 Å². The lowest BCUT2D eigenvalue weighted by Gasteiger charge is -2.21. The van der Waals surface area contributed by atoms with Gasteiger partial charge in [0.25, 0.3) is 0 Å². The molecule has 0 N–H and O–H groups in total. The molecule has 7 heteroatoms. The molecule has 134 valence electrons. The average Bonchev–Trinajstić information content (AvgIpc) is 2.88.